The number of nitrogens with zero attached hydrogens (tertiary/aromatic N) is 15. The van der Waals surface area contributed by atoms with E-state index in [0.29, 0.717) is 123 Å². The molecule has 628 valence electrons. The lowest BCUT2D eigenvalue weighted by Gasteiger charge is -2.41. The molecule has 35 heteroatoms. The van der Waals surface area contributed by atoms with E-state index in [9.17, 15) is 33.3 Å². The van der Waals surface area contributed by atoms with Crippen molar-refractivity contribution in [3.63, 3.8) is 0 Å². The quantitative estimate of drug-likeness (QED) is 0.0396. The average molecular weight is 1920 g/mol. The number of aryl methyl sites for hydroxylation is 1. The third-order valence-electron chi connectivity index (χ3n) is 19.8. The van der Waals surface area contributed by atoms with E-state index in [2.05, 4.69) is 104 Å². The van der Waals surface area contributed by atoms with Crippen LogP contribution in [0.15, 0.2) is 218 Å². The number of esters is 4. The molecule has 0 aliphatic carbocycles. The number of nitrogens with one attached hydrogen (secondary N) is 1. The molecular weight excluding hydrogens is 1830 g/mol. The van der Waals surface area contributed by atoms with Crippen molar-refractivity contribution in [2.45, 2.75) is 95.8 Å². The molecule has 1 amide bonds. The fourth-order valence-corrected chi connectivity index (χ4v) is 17.5. The fraction of sp³-hybridized carbons (Fsp3) is 0.326. The number of ketones is 1. The first-order valence-electron chi connectivity index (χ1n) is 38.9. The number of halogens is 4. The van der Waals surface area contributed by atoms with Gasteiger partial charge in [0.25, 0.3) is 0 Å². The van der Waals surface area contributed by atoms with Crippen molar-refractivity contribution in [3.8, 4) is 5.69 Å². The van der Waals surface area contributed by atoms with Gasteiger partial charge in [0.15, 0.2) is 11.6 Å². The Morgan fingerprint density at radius 1 is 0.479 bits per heavy atom. The summed E-state index contributed by atoms with van der Waals surface area (Å²) in [5, 5.41) is 11.4. The molecule has 15 rings (SSSR count). The number of rotatable bonds is 21. The third kappa shape index (κ3) is 23.4. The number of benzene rings is 4. The van der Waals surface area contributed by atoms with Crippen LogP contribution in [0.25, 0.3) is 5.69 Å². The van der Waals surface area contributed by atoms with Gasteiger partial charge in [-0.3, -0.25) is 78.2 Å². The van der Waals surface area contributed by atoms with E-state index in [-0.39, 0.29) is 92.6 Å². The molecule has 0 saturated carbocycles. The SMILES string of the molecule is COC(=O)CC[C@@H]1N=C(c2ccccn2)c2cc(Br)ccc2-n2c(C)nnc21.COC(=O)CC[C@@H]1N=C(c2ccccn2)c2cc(Br)ccc2CC1=O.COC(=O)CC[C@@H]1N=C(c2ccccn2)c2cc(Br)ccc2N=C1CNC(C)=O.COC(=O)CC[C@@H]1N=C(c2ccccn2)c2cc(Br)ccc2N=C1OP(=O)(N1CCOCC1)N1CCOCC1. The van der Waals surface area contributed by atoms with E-state index < -0.39 is 25.8 Å². The molecule has 4 aromatic carbocycles. The molecule has 0 bridgehead atoms. The first-order chi connectivity index (χ1) is 58.6. The Hall–Kier alpha value is -10.6. The van der Waals surface area contributed by atoms with E-state index in [1.165, 1.54) is 35.4 Å². The van der Waals surface area contributed by atoms with Gasteiger partial charge in [0.1, 0.15) is 23.9 Å². The molecule has 5 aromatic heterocycles. The van der Waals surface area contributed by atoms with Crippen LogP contribution in [0.2, 0.25) is 0 Å². The number of Topliss-reactive ketones (excluding diaryl/α,β-unsaturated/α-hetero) is 1. The lowest BCUT2D eigenvalue weighted by Crippen LogP contribution is -2.44. The number of carbonyl (C=O) groups is 6. The number of fused-ring (bicyclic) bond motifs is 6. The Kier molecular flexibility index (Phi) is 32.1. The highest BCUT2D eigenvalue weighted by Gasteiger charge is 2.45. The minimum Gasteiger partial charge on any atom is -0.469 e. The fourth-order valence-electron chi connectivity index (χ4n) is 13.8. The molecule has 30 nitrogen and oxygen atoms in total. The lowest BCUT2D eigenvalue weighted by atomic mass is 9.97. The van der Waals surface area contributed by atoms with Gasteiger partial charge < -0.3 is 38.3 Å². The predicted molar refractivity (Wildman–Crippen MR) is 470 cm³/mol. The van der Waals surface area contributed by atoms with E-state index in [1.54, 1.807) is 24.8 Å². The van der Waals surface area contributed by atoms with Crippen LogP contribution in [0.3, 0.4) is 0 Å². The number of amides is 1. The van der Waals surface area contributed by atoms with Gasteiger partial charge >= 0.3 is 31.5 Å². The summed E-state index contributed by atoms with van der Waals surface area (Å²) in [5.41, 5.74) is 12.8. The number of pyridine rings is 4. The Labute approximate surface area is 732 Å². The summed E-state index contributed by atoms with van der Waals surface area (Å²) in [6.45, 7) is 7.26. The van der Waals surface area contributed by atoms with E-state index in [0.717, 1.165) is 74.3 Å². The van der Waals surface area contributed by atoms with Gasteiger partial charge in [-0.1, -0.05) is 94.1 Å². The summed E-state index contributed by atoms with van der Waals surface area (Å²) in [6, 6.07) is 43.8. The molecule has 11 heterocycles. The Morgan fingerprint density at radius 3 is 1.35 bits per heavy atom. The standard InChI is InChI=1S/C26H31BrN5O6P.C21H21BrN4O3.C20H18BrN5O2.C19H17BrN2O3/c1-35-24(33)8-7-23-26(38-39(34,31-10-14-36-15-11-31)32-12-16-37-17-13-32)30-21-6-5-19(27)18-20(21)25(29-23)22-4-2-3-9-28-22;1-13(27)24-12-19-17(8-9-20(28)29-2)26-21(18-5-3-4-10-23-18)15-11-14(22)6-7-16(15)25-19;1-12-24-25-20-16(7-9-18(27)28-2)23-19(15-5-3-4-10-22-15)14-11-13(21)6-8-17(14)26(12)20;1-25-18(24)8-7-15-17(23)10-12-5-6-13(20)11-14(12)19(22-15)16-4-2-3-9-21-16/h2-6,9,18,23H,7-8,10-17H2,1H3;3-7,10-11,17H,8-9,12H2,1-2H3,(H,24,27);3-6,8,10-11,16H,7,9H2,1-2H3;2-6,9,11,15H,7-8,10H2,1H3/t23-;17-;16-;15-/m0000/s1. The van der Waals surface area contributed by atoms with Crippen LogP contribution in [-0.2, 0) is 72.7 Å². The number of morpholine rings is 2. The molecule has 0 radical (unpaired) electrons. The number of carbonyl (C=O) groups excluding carboxylic acids is 6. The number of hydrogen-bond donors (Lipinski definition) is 1. The highest BCUT2D eigenvalue weighted by molar-refractivity contribution is 9.11. The first-order valence-corrected chi connectivity index (χ1v) is 43.6. The molecule has 9 aromatic rings. The topological polar surface area (TPSA) is 359 Å². The third-order valence-corrected chi connectivity index (χ3v) is 24.5. The van der Waals surface area contributed by atoms with Crippen molar-refractivity contribution in [1.29, 1.82) is 0 Å². The number of aliphatic imine (C=N–C) groups is 6. The summed E-state index contributed by atoms with van der Waals surface area (Å²) < 4.78 is 60.9. The number of aromatic nitrogens is 7. The molecule has 2 saturated heterocycles. The molecule has 6 aliphatic rings. The Bertz CT molecular complexity index is 5460. The molecule has 4 atom stereocenters. The summed E-state index contributed by atoms with van der Waals surface area (Å²) in [6.07, 6.45) is 9.29. The van der Waals surface area contributed by atoms with Crippen molar-refractivity contribution in [2.24, 2.45) is 30.0 Å². The van der Waals surface area contributed by atoms with Crippen molar-refractivity contribution in [1.82, 2.24) is 49.4 Å². The minimum atomic E-state index is -3.60. The molecule has 0 spiro atoms. The smallest absolute Gasteiger partial charge is 0.397 e. The summed E-state index contributed by atoms with van der Waals surface area (Å²) in [5.74, 6) is 0.187. The predicted octanol–water partition coefficient (Wildman–Crippen LogP) is 13.8. The Balaban J connectivity index is 0.000000150. The second-order valence-corrected chi connectivity index (χ2v) is 33.8. The molecule has 121 heavy (non-hydrogen) atoms. The van der Waals surface area contributed by atoms with Crippen molar-refractivity contribution >= 4 is 153 Å². The second-order valence-electron chi connectivity index (χ2n) is 27.8. The maximum atomic E-state index is 14.8. The van der Waals surface area contributed by atoms with Crippen LogP contribution in [0.5, 0.6) is 0 Å². The number of ether oxygens (including phenoxy) is 6. The lowest BCUT2D eigenvalue weighted by molar-refractivity contribution is -0.141. The maximum Gasteiger partial charge on any atom is 0.397 e. The number of hydrogen-bond acceptors (Lipinski definition) is 26. The van der Waals surface area contributed by atoms with E-state index >= 15 is 0 Å². The van der Waals surface area contributed by atoms with Crippen molar-refractivity contribution in [3.05, 3.63) is 251 Å². The van der Waals surface area contributed by atoms with E-state index in [4.69, 9.17) is 58.2 Å². The Morgan fingerprint density at radius 2 is 0.876 bits per heavy atom. The van der Waals surface area contributed by atoms with Gasteiger partial charge in [-0.05, 0) is 153 Å². The van der Waals surface area contributed by atoms with Gasteiger partial charge in [-0.2, -0.15) is 0 Å². The zero-order valence-corrected chi connectivity index (χ0v) is 74.3. The van der Waals surface area contributed by atoms with Crippen LogP contribution >= 0.6 is 71.4 Å². The molecule has 6 aliphatic heterocycles. The molecule has 2 fully saturated rings. The molecule has 0 unspecified atom stereocenters. The highest BCUT2D eigenvalue weighted by Crippen LogP contribution is 2.56. The molecule has 1 N–H and O–H groups in total. The van der Waals surface area contributed by atoms with Gasteiger partial charge in [0.2, 0.25) is 11.8 Å². The van der Waals surface area contributed by atoms with Crippen LogP contribution in [0.4, 0.5) is 11.4 Å². The highest BCUT2D eigenvalue weighted by atomic mass is 79.9. The largest absolute Gasteiger partial charge is 0.469 e. The van der Waals surface area contributed by atoms with Gasteiger partial charge in [0.05, 0.1) is 136 Å². The number of methoxy groups -OCH3 is 4. The van der Waals surface area contributed by atoms with Crippen LogP contribution in [-0.4, -0.2) is 220 Å². The van der Waals surface area contributed by atoms with Crippen LogP contribution in [0, 0.1) is 6.92 Å². The van der Waals surface area contributed by atoms with Crippen molar-refractivity contribution < 1.29 is 66.3 Å². The average Bonchev–Trinajstić information content (AvgIpc) is 1.61. The normalized spacial score (nSPS) is 17.4. The molecular formula is C86H87Br4N16O14P. The first kappa shape index (κ1) is 89.7. The van der Waals surface area contributed by atoms with Crippen molar-refractivity contribution in [2.75, 3.05) is 87.6 Å². The zero-order chi connectivity index (χ0) is 85.5. The van der Waals surface area contributed by atoms with Gasteiger partial charge in [-0.15, -0.1) is 10.2 Å². The summed E-state index contributed by atoms with van der Waals surface area (Å²) in [7, 11) is 1.84. The van der Waals surface area contributed by atoms with Crippen LogP contribution < -0.4 is 5.32 Å². The minimum absolute atomic E-state index is 0.00148. The monoisotopic (exact) mass is 1910 g/mol. The van der Waals surface area contributed by atoms with E-state index in [1.807, 2.05) is 166 Å². The zero-order valence-electron chi connectivity index (χ0n) is 67.1. The maximum absolute atomic E-state index is 14.8. The second kappa shape index (κ2) is 43.3. The van der Waals surface area contributed by atoms with Crippen LogP contribution in [0.1, 0.15) is 127 Å². The summed E-state index contributed by atoms with van der Waals surface area (Å²) >= 11 is 14.1. The summed E-state index contributed by atoms with van der Waals surface area (Å²) in [4.78, 5) is 119. The van der Waals surface area contributed by atoms with Gasteiger partial charge in [-0.25, -0.2) is 18.9 Å². The van der Waals surface area contributed by atoms with Gasteiger partial charge in [0, 0.05) is 130 Å².